The fraction of sp³-hybridized carbons (Fsp3) is 0.227. The predicted octanol–water partition coefficient (Wildman–Crippen LogP) is 3.69. The van der Waals surface area contributed by atoms with E-state index in [1.165, 1.54) is 25.1 Å². The van der Waals surface area contributed by atoms with Crippen molar-refractivity contribution in [3.8, 4) is 5.75 Å². The van der Waals surface area contributed by atoms with Crippen LogP contribution in [0.2, 0.25) is 0 Å². The molecular formula is C22H20N4O6. The Hall–Kier alpha value is -4.21. The second kappa shape index (κ2) is 8.14. The number of hydrogen-bond acceptors (Lipinski definition) is 7. The molecule has 1 aromatic heterocycles. The number of hydrogen-bond donors (Lipinski definition) is 1. The van der Waals surface area contributed by atoms with Crippen molar-refractivity contribution in [3.05, 3.63) is 74.7 Å². The van der Waals surface area contributed by atoms with Crippen molar-refractivity contribution in [1.82, 2.24) is 5.16 Å². The minimum absolute atomic E-state index is 0.102. The molecule has 0 spiro atoms. The molecule has 2 heterocycles. The van der Waals surface area contributed by atoms with Gasteiger partial charge in [0.25, 0.3) is 17.5 Å². The summed E-state index contributed by atoms with van der Waals surface area (Å²) in [5, 5.41) is 17.9. The summed E-state index contributed by atoms with van der Waals surface area (Å²) in [4.78, 5) is 37.6. The van der Waals surface area contributed by atoms with Gasteiger partial charge in [-0.15, -0.1) is 0 Å². The predicted molar refractivity (Wildman–Crippen MR) is 115 cm³/mol. The first kappa shape index (κ1) is 21.0. The fourth-order valence-electron chi connectivity index (χ4n) is 3.60. The summed E-state index contributed by atoms with van der Waals surface area (Å²) < 4.78 is 10.7. The number of nitrogens with one attached hydrogen (secondary N) is 1. The van der Waals surface area contributed by atoms with E-state index < -0.39 is 10.8 Å². The van der Waals surface area contributed by atoms with Crippen LogP contribution in [0, 0.1) is 30.9 Å². The SMILES string of the molecule is Cc1noc(C)c1CN1C(=O)COc2ccc(NC(=O)c3cccc([N+](=O)[O-])c3C)cc21. The third-order valence-electron chi connectivity index (χ3n) is 5.40. The summed E-state index contributed by atoms with van der Waals surface area (Å²) in [6, 6.07) is 9.28. The topological polar surface area (TPSA) is 128 Å². The van der Waals surface area contributed by atoms with Gasteiger partial charge >= 0.3 is 0 Å². The highest BCUT2D eigenvalue weighted by Gasteiger charge is 2.28. The van der Waals surface area contributed by atoms with E-state index in [9.17, 15) is 19.7 Å². The molecule has 164 valence electrons. The standard InChI is InChI=1S/C22H20N4O6/c1-12-16(5-4-6-18(12)26(29)30)22(28)23-15-7-8-20-19(9-15)25(21(27)11-31-20)10-17-13(2)24-32-14(17)3/h4-9H,10-11H2,1-3H3,(H,23,28). The van der Waals surface area contributed by atoms with Crippen molar-refractivity contribution in [1.29, 1.82) is 0 Å². The molecule has 0 saturated carbocycles. The second-order valence-corrected chi connectivity index (χ2v) is 7.41. The lowest BCUT2D eigenvalue weighted by Gasteiger charge is -2.29. The number of carbonyl (C=O) groups is 2. The Labute approximate surface area is 182 Å². The lowest BCUT2D eigenvalue weighted by molar-refractivity contribution is -0.385. The van der Waals surface area contributed by atoms with Crippen molar-refractivity contribution in [2.75, 3.05) is 16.8 Å². The van der Waals surface area contributed by atoms with Gasteiger partial charge in [-0.25, -0.2) is 0 Å². The number of benzene rings is 2. The molecule has 2 amide bonds. The van der Waals surface area contributed by atoms with Crippen LogP contribution < -0.4 is 15.0 Å². The molecular weight excluding hydrogens is 416 g/mol. The van der Waals surface area contributed by atoms with E-state index >= 15 is 0 Å². The highest BCUT2D eigenvalue weighted by atomic mass is 16.6. The molecule has 0 unspecified atom stereocenters. The van der Waals surface area contributed by atoms with Gasteiger partial charge in [-0.2, -0.15) is 0 Å². The van der Waals surface area contributed by atoms with Crippen LogP contribution in [0.3, 0.4) is 0 Å². The number of nitrogens with zero attached hydrogens (tertiary/aromatic N) is 3. The maximum absolute atomic E-state index is 12.8. The molecule has 0 atom stereocenters. The zero-order valence-electron chi connectivity index (χ0n) is 17.7. The monoisotopic (exact) mass is 436 g/mol. The van der Waals surface area contributed by atoms with E-state index in [-0.39, 0.29) is 35.9 Å². The van der Waals surface area contributed by atoms with Gasteiger partial charge in [0.15, 0.2) is 6.61 Å². The number of fused-ring (bicyclic) bond motifs is 1. The van der Waals surface area contributed by atoms with Crippen molar-refractivity contribution >= 4 is 28.9 Å². The van der Waals surface area contributed by atoms with Gasteiger partial charge in [-0.1, -0.05) is 11.2 Å². The fourth-order valence-corrected chi connectivity index (χ4v) is 3.60. The van der Waals surface area contributed by atoms with Crippen LogP contribution in [0.5, 0.6) is 5.75 Å². The molecule has 3 aromatic rings. The molecule has 1 aliphatic heterocycles. The summed E-state index contributed by atoms with van der Waals surface area (Å²) >= 11 is 0. The van der Waals surface area contributed by atoms with Crippen LogP contribution in [-0.2, 0) is 11.3 Å². The Balaban J connectivity index is 1.64. The normalized spacial score (nSPS) is 12.8. The maximum Gasteiger partial charge on any atom is 0.273 e. The van der Waals surface area contributed by atoms with Crippen LogP contribution >= 0.6 is 0 Å². The molecule has 32 heavy (non-hydrogen) atoms. The summed E-state index contributed by atoms with van der Waals surface area (Å²) in [7, 11) is 0. The number of aromatic nitrogens is 1. The zero-order valence-corrected chi connectivity index (χ0v) is 17.7. The molecule has 1 N–H and O–H groups in total. The Morgan fingerprint density at radius 2 is 2.03 bits per heavy atom. The van der Waals surface area contributed by atoms with Gasteiger partial charge in [-0.3, -0.25) is 19.7 Å². The second-order valence-electron chi connectivity index (χ2n) is 7.41. The smallest absolute Gasteiger partial charge is 0.273 e. The molecule has 10 nitrogen and oxygen atoms in total. The number of ether oxygens (including phenoxy) is 1. The van der Waals surface area contributed by atoms with E-state index in [0.717, 1.165) is 5.56 Å². The van der Waals surface area contributed by atoms with Gasteiger partial charge in [0.05, 0.1) is 22.8 Å². The Kier molecular flexibility index (Phi) is 5.35. The molecule has 2 aromatic carbocycles. The third-order valence-corrected chi connectivity index (χ3v) is 5.40. The number of carbonyl (C=O) groups excluding carboxylic acids is 2. The molecule has 1 aliphatic rings. The summed E-state index contributed by atoms with van der Waals surface area (Å²) in [6.07, 6.45) is 0. The minimum atomic E-state index is -0.527. The average molecular weight is 436 g/mol. The van der Waals surface area contributed by atoms with Crippen LogP contribution in [0.1, 0.15) is 32.9 Å². The van der Waals surface area contributed by atoms with E-state index in [0.29, 0.717) is 28.6 Å². The molecule has 0 fully saturated rings. The highest BCUT2D eigenvalue weighted by molar-refractivity contribution is 6.06. The third kappa shape index (κ3) is 3.78. The van der Waals surface area contributed by atoms with Crippen molar-refractivity contribution in [3.63, 3.8) is 0 Å². The quantitative estimate of drug-likeness (QED) is 0.477. The van der Waals surface area contributed by atoms with E-state index in [4.69, 9.17) is 9.26 Å². The van der Waals surface area contributed by atoms with Crippen molar-refractivity contribution < 1.29 is 23.8 Å². The van der Waals surface area contributed by atoms with Crippen LogP contribution in [-0.4, -0.2) is 28.5 Å². The largest absolute Gasteiger partial charge is 0.482 e. The van der Waals surface area contributed by atoms with Crippen molar-refractivity contribution in [2.24, 2.45) is 0 Å². The molecule has 0 saturated heterocycles. The first-order valence-corrected chi connectivity index (χ1v) is 9.80. The summed E-state index contributed by atoms with van der Waals surface area (Å²) in [5.41, 5.74) is 2.73. The molecule has 0 aliphatic carbocycles. The maximum atomic E-state index is 12.8. The number of aryl methyl sites for hydroxylation is 2. The average Bonchev–Trinajstić information content (AvgIpc) is 3.07. The Bertz CT molecular complexity index is 1230. The van der Waals surface area contributed by atoms with E-state index in [1.807, 2.05) is 0 Å². The number of nitro groups is 1. The number of anilines is 2. The van der Waals surface area contributed by atoms with Crippen molar-refractivity contribution in [2.45, 2.75) is 27.3 Å². The number of nitro benzene ring substituents is 1. The minimum Gasteiger partial charge on any atom is -0.482 e. The van der Waals surface area contributed by atoms with Gasteiger partial charge in [-0.05, 0) is 45.0 Å². The van der Waals surface area contributed by atoms with Gasteiger partial charge < -0.3 is 19.5 Å². The zero-order chi connectivity index (χ0) is 23.0. The van der Waals surface area contributed by atoms with Crippen LogP contribution in [0.4, 0.5) is 17.1 Å². The van der Waals surface area contributed by atoms with E-state index in [1.54, 1.807) is 36.9 Å². The highest BCUT2D eigenvalue weighted by Crippen LogP contribution is 2.36. The Morgan fingerprint density at radius 3 is 2.72 bits per heavy atom. The van der Waals surface area contributed by atoms with Gasteiger partial charge in [0.1, 0.15) is 11.5 Å². The molecule has 0 bridgehead atoms. The van der Waals surface area contributed by atoms with Crippen LogP contribution in [0.25, 0.3) is 0 Å². The van der Waals surface area contributed by atoms with E-state index in [2.05, 4.69) is 10.5 Å². The first-order chi connectivity index (χ1) is 15.3. The number of amides is 2. The van der Waals surface area contributed by atoms with Crippen LogP contribution in [0.15, 0.2) is 40.9 Å². The molecule has 10 heteroatoms. The summed E-state index contributed by atoms with van der Waals surface area (Å²) in [6.45, 7) is 5.25. The molecule has 4 rings (SSSR count). The first-order valence-electron chi connectivity index (χ1n) is 9.80. The number of rotatable bonds is 5. The van der Waals surface area contributed by atoms with Gasteiger partial charge in [0.2, 0.25) is 0 Å². The van der Waals surface area contributed by atoms with Gasteiger partial charge in [0, 0.05) is 28.4 Å². The molecule has 0 radical (unpaired) electrons. The lowest BCUT2D eigenvalue weighted by Crippen LogP contribution is -2.38. The lowest BCUT2D eigenvalue weighted by atomic mass is 10.1. The summed E-state index contributed by atoms with van der Waals surface area (Å²) in [5.74, 6) is 0.386. The Morgan fingerprint density at radius 1 is 1.25 bits per heavy atom.